The van der Waals surface area contributed by atoms with Gasteiger partial charge in [0.25, 0.3) is 0 Å². The molecule has 3 amide bonds. The van der Waals surface area contributed by atoms with Crippen molar-refractivity contribution in [1.29, 1.82) is 0 Å². The molecule has 196 valence electrons. The number of carbonyl (C=O) groups is 3. The molecule has 0 aliphatic carbocycles. The molecule has 2 N–H and O–H groups in total. The Kier molecular flexibility index (Phi) is 9.56. The minimum atomic E-state index is -1.02. The Morgan fingerprint density at radius 1 is 0.973 bits per heavy atom. The van der Waals surface area contributed by atoms with Gasteiger partial charge in [0.1, 0.15) is 11.6 Å². The van der Waals surface area contributed by atoms with Gasteiger partial charge in [0.05, 0.1) is 13.7 Å². The lowest BCUT2D eigenvalue weighted by molar-refractivity contribution is -0.142. The molecule has 1 fully saturated rings. The highest BCUT2D eigenvalue weighted by atomic mass is 16.6. The van der Waals surface area contributed by atoms with Crippen LogP contribution in [-0.2, 0) is 14.3 Å². The van der Waals surface area contributed by atoms with Gasteiger partial charge in [-0.3, -0.25) is 0 Å². The molecule has 3 rings (SSSR count). The van der Waals surface area contributed by atoms with Crippen LogP contribution < -0.4 is 10.6 Å². The summed E-state index contributed by atoms with van der Waals surface area (Å²) in [6, 6.07) is 16.7. The molecular weight excluding hydrogens is 470 g/mol. The lowest BCUT2D eigenvalue weighted by Gasteiger charge is -2.33. The van der Waals surface area contributed by atoms with Crippen LogP contribution in [-0.4, -0.2) is 61.4 Å². The summed E-state index contributed by atoms with van der Waals surface area (Å²) in [5.74, 6) is 6.05. The van der Waals surface area contributed by atoms with Crippen LogP contribution in [0.15, 0.2) is 54.6 Å². The van der Waals surface area contributed by atoms with Crippen molar-refractivity contribution in [2.45, 2.75) is 51.2 Å². The molecule has 1 aliphatic rings. The first-order valence-electron chi connectivity index (χ1n) is 12.4. The largest absolute Gasteiger partial charge is 0.467 e. The molecule has 0 aromatic heterocycles. The average Bonchev–Trinajstić information content (AvgIpc) is 2.89. The number of alkyl carbamates (subject to hydrolysis) is 1. The molecule has 8 heteroatoms. The van der Waals surface area contributed by atoms with E-state index < -0.39 is 23.7 Å². The smallest absolute Gasteiger partial charge is 0.407 e. The highest BCUT2D eigenvalue weighted by Crippen LogP contribution is 2.28. The predicted octanol–water partition coefficient (Wildman–Crippen LogP) is 4.04. The molecule has 1 heterocycles. The Balaban J connectivity index is 1.50. The van der Waals surface area contributed by atoms with Crippen LogP contribution in [0.5, 0.6) is 0 Å². The molecule has 2 aromatic carbocycles. The lowest BCUT2D eigenvalue weighted by atomic mass is 9.89. The Morgan fingerprint density at radius 3 is 2.14 bits per heavy atom. The quantitative estimate of drug-likeness (QED) is 0.472. The second kappa shape index (κ2) is 12.8. The normalized spacial score (nSPS) is 14.5. The number of piperidine rings is 1. The SMILES string of the molecule is COC(=O)[C@H](CNC(=O)OC(C)(C)C)NC(=O)N1CCC(c2ccc(C#Cc3ccccc3)cc2)CC1. The number of likely N-dealkylation sites (tertiary alicyclic amines) is 1. The number of nitrogens with one attached hydrogen (secondary N) is 2. The van der Waals surface area contributed by atoms with E-state index in [1.54, 1.807) is 25.7 Å². The molecule has 8 nitrogen and oxygen atoms in total. The number of hydrogen-bond donors (Lipinski definition) is 2. The second-order valence-electron chi connectivity index (χ2n) is 9.91. The van der Waals surface area contributed by atoms with Gasteiger partial charge in [-0.05, 0) is 69.4 Å². The van der Waals surface area contributed by atoms with Crippen molar-refractivity contribution in [3.63, 3.8) is 0 Å². The summed E-state index contributed by atoms with van der Waals surface area (Å²) >= 11 is 0. The third kappa shape index (κ3) is 8.87. The molecule has 2 aromatic rings. The molecule has 0 saturated carbocycles. The summed E-state index contributed by atoms with van der Waals surface area (Å²) < 4.78 is 9.97. The van der Waals surface area contributed by atoms with Crippen molar-refractivity contribution >= 4 is 18.1 Å². The van der Waals surface area contributed by atoms with Crippen LogP contribution in [0.4, 0.5) is 9.59 Å². The Bertz CT molecular complexity index is 1120. The maximum Gasteiger partial charge on any atom is 0.407 e. The third-order valence-corrected chi connectivity index (χ3v) is 5.92. The molecule has 0 bridgehead atoms. The van der Waals surface area contributed by atoms with Gasteiger partial charge < -0.3 is 25.0 Å². The van der Waals surface area contributed by atoms with Crippen LogP contribution >= 0.6 is 0 Å². The van der Waals surface area contributed by atoms with Crippen molar-refractivity contribution < 1.29 is 23.9 Å². The first kappa shape index (κ1) is 27.6. The summed E-state index contributed by atoms with van der Waals surface area (Å²) in [6.07, 6.45) is 0.941. The molecule has 1 atom stereocenters. The predicted molar refractivity (Wildman–Crippen MR) is 141 cm³/mol. The van der Waals surface area contributed by atoms with E-state index in [9.17, 15) is 14.4 Å². The topological polar surface area (TPSA) is 97.0 Å². The summed E-state index contributed by atoms with van der Waals surface area (Å²) in [7, 11) is 1.24. The number of amides is 3. The van der Waals surface area contributed by atoms with Gasteiger partial charge in [-0.25, -0.2) is 14.4 Å². The standard InChI is InChI=1S/C29H35N3O5/c1-29(2,3)37-28(35)30-20-25(26(33)36-4)31-27(34)32-18-16-24(17-19-32)23-14-12-22(13-15-23)11-10-21-8-6-5-7-9-21/h5-9,12-15,24-25H,16-20H2,1-4H3,(H,30,35)(H,31,34)/t25-/m0/s1. The fourth-order valence-corrected chi connectivity index (χ4v) is 4.00. The molecule has 0 unspecified atom stereocenters. The number of hydrogen-bond acceptors (Lipinski definition) is 5. The molecule has 1 saturated heterocycles. The summed E-state index contributed by atoms with van der Waals surface area (Å²) in [5, 5.41) is 5.18. The van der Waals surface area contributed by atoms with Gasteiger partial charge >= 0.3 is 18.1 Å². The number of nitrogens with zero attached hydrogens (tertiary/aromatic N) is 1. The van der Waals surface area contributed by atoms with E-state index in [2.05, 4.69) is 34.6 Å². The van der Waals surface area contributed by atoms with Crippen molar-refractivity contribution in [3.8, 4) is 11.8 Å². The van der Waals surface area contributed by atoms with E-state index in [1.807, 2.05) is 42.5 Å². The first-order valence-corrected chi connectivity index (χ1v) is 12.4. The van der Waals surface area contributed by atoms with Gasteiger partial charge in [0, 0.05) is 24.2 Å². The highest BCUT2D eigenvalue weighted by Gasteiger charge is 2.29. The summed E-state index contributed by atoms with van der Waals surface area (Å²) in [6.45, 7) is 6.20. The van der Waals surface area contributed by atoms with Crippen LogP contribution in [0, 0.1) is 11.8 Å². The van der Waals surface area contributed by atoms with Gasteiger partial charge in [-0.1, -0.05) is 42.2 Å². The number of esters is 1. The molecule has 0 spiro atoms. The number of benzene rings is 2. The van der Waals surface area contributed by atoms with Crippen molar-refractivity contribution in [3.05, 3.63) is 71.3 Å². The van der Waals surface area contributed by atoms with Crippen LogP contribution in [0.2, 0.25) is 0 Å². The summed E-state index contributed by atoms with van der Waals surface area (Å²) in [4.78, 5) is 38.6. The minimum absolute atomic E-state index is 0.136. The maximum atomic E-state index is 12.8. The van der Waals surface area contributed by atoms with Crippen LogP contribution in [0.25, 0.3) is 0 Å². The maximum absolute atomic E-state index is 12.8. The van der Waals surface area contributed by atoms with E-state index in [1.165, 1.54) is 12.7 Å². The highest BCUT2D eigenvalue weighted by molar-refractivity contribution is 5.84. The average molecular weight is 506 g/mol. The zero-order chi connectivity index (χ0) is 26.8. The second-order valence-corrected chi connectivity index (χ2v) is 9.91. The van der Waals surface area contributed by atoms with Gasteiger partial charge in [-0.15, -0.1) is 0 Å². The summed E-state index contributed by atoms with van der Waals surface area (Å²) in [5.41, 5.74) is 2.48. The number of urea groups is 1. The van der Waals surface area contributed by atoms with E-state index in [0.717, 1.165) is 24.0 Å². The monoisotopic (exact) mass is 505 g/mol. The first-order chi connectivity index (χ1) is 17.6. The Morgan fingerprint density at radius 2 is 1.57 bits per heavy atom. The fourth-order valence-electron chi connectivity index (χ4n) is 4.00. The third-order valence-electron chi connectivity index (χ3n) is 5.92. The van der Waals surface area contributed by atoms with E-state index in [4.69, 9.17) is 9.47 Å². The number of rotatable bonds is 5. The van der Waals surface area contributed by atoms with Gasteiger partial charge in [0.15, 0.2) is 0 Å². The van der Waals surface area contributed by atoms with Crippen molar-refractivity contribution in [1.82, 2.24) is 15.5 Å². The number of methoxy groups -OCH3 is 1. The van der Waals surface area contributed by atoms with Crippen molar-refractivity contribution in [2.24, 2.45) is 0 Å². The fraction of sp³-hybridized carbons (Fsp3) is 0.414. The Hall–Kier alpha value is -3.99. The minimum Gasteiger partial charge on any atom is -0.467 e. The van der Waals surface area contributed by atoms with Crippen molar-refractivity contribution in [2.75, 3.05) is 26.7 Å². The van der Waals surface area contributed by atoms with E-state index >= 15 is 0 Å². The molecule has 37 heavy (non-hydrogen) atoms. The number of ether oxygens (including phenoxy) is 2. The van der Waals surface area contributed by atoms with Crippen LogP contribution in [0.3, 0.4) is 0 Å². The van der Waals surface area contributed by atoms with Crippen LogP contribution in [0.1, 0.15) is 56.2 Å². The van der Waals surface area contributed by atoms with E-state index in [-0.39, 0.29) is 12.6 Å². The zero-order valence-corrected chi connectivity index (χ0v) is 21.9. The lowest BCUT2D eigenvalue weighted by Crippen LogP contribution is -2.54. The zero-order valence-electron chi connectivity index (χ0n) is 21.9. The van der Waals surface area contributed by atoms with Gasteiger partial charge in [-0.2, -0.15) is 0 Å². The van der Waals surface area contributed by atoms with E-state index in [0.29, 0.717) is 19.0 Å². The molecule has 1 aliphatic heterocycles. The number of carbonyl (C=O) groups excluding carboxylic acids is 3. The molecular formula is C29H35N3O5. The molecule has 0 radical (unpaired) electrons. The van der Waals surface area contributed by atoms with Gasteiger partial charge in [0.2, 0.25) is 0 Å². The Labute approximate surface area is 218 Å².